The number of hydrogen-bond acceptors (Lipinski definition) is 6. The van der Waals surface area contributed by atoms with Crippen LogP contribution in [0.4, 0.5) is 15.9 Å². The quantitative estimate of drug-likeness (QED) is 0.713. The lowest BCUT2D eigenvalue weighted by Gasteiger charge is -2.38. The van der Waals surface area contributed by atoms with Gasteiger partial charge in [0.15, 0.2) is 17.0 Å². The lowest BCUT2D eigenvalue weighted by Crippen LogP contribution is -2.52. The second-order valence-corrected chi connectivity index (χ2v) is 6.71. The normalized spacial score (nSPS) is 14.6. The summed E-state index contributed by atoms with van der Waals surface area (Å²) >= 11 is 3.19. The Bertz CT molecular complexity index is 970. The lowest BCUT2D eigenvalue weighted by atomic mass is 9.99. The monoisotopic (exact) mass is 405 g/mol. The van der Waals surface area contributed by atoms with Gasteiger partial charge in [-0.2, -0.15) is 0 Å². The highest BCUT2D eigenvalue weighted by Crippen LogP contribution is 2.28. The molecular weight excluding hydrogens is 393 g/mol. The van der Waals surface area contributed by atoms with Gasteiger partial charge in [-0.15, -0.1) is 5.10 Å². The van der Waals surface area contributed by atoms with Gasteiger partial charge in [-0.05, 0) is 18.2 Å². The van der Waals surface area contributed by atoms with Crippen LogP contribution in [0.25, 0.3) is 11.2 Å². The number of rotatable bonds is 3. The number of benzene rings is 1. The highest BCUT2D eigenvalue weighted by molar-refractivity contribution is 9.10. The fourth-order valence-electron chi connectivity index (χ4n) is 2.72. The highest BCUT2D eigenvalue weighted by atomic mass is 79.9. The molecule has 0 saturated carbocycles. The molecule has 128 valence electrons. The van der Waals surface area contributed by atoms with Gasteiger partial charge in [-0.25, -0.2) is 19.0 Å². The minimum atomic E-state index is -0.476. The van der Waals surface area contributed by atoms with Crippen LogP contribution in [0.2, 0.25) is 0 Å². The number of hydrogen-bond donors (Lipinski definition) is 1. The number of amides is 1. The smallest absolute Gasteiger partial charge is 0.231 e. The predicted molar refractivity (Wildman–Crippen MR) is 92.5 cm³/mol. The summed E-state index contributed by atoms with van der Waals surface area (Å²) in [7, 11) is 1.76. The van der Waals surface area contributed by atoms with Gasteiger partial charge in [0.05, 0.1) is 11.6 Å². The second-order valence-electron chi connectivity index (χ2n) is 5.80. The Balaban J connectivity index is 1.45. The van der Waals surface area contributed by atoms with Gasteiger partial charge in [0, 0.05) is 24.6 Å². The number of anilines is 2. The molecule has 1 saturated heterocycles. The van der Waals surface area contributed by atoms with Crippen molar-refractivity contribution in [1.82, 2.24) is 25.0 Å². The third-order valence-corrected chi connectivity index (χ3v) is 4.60. The van der Waals surface area contributed by atoms with Gasteiger partial charge in [-0.1, -0.05) is 21.1 Å². The maximum absolute atomic E-state index is 13.8. The molecule has 0 bridgehead atoms. The van der Waals surface area contributed by atoms with Crippen molar-refractivity contribution >= 4 is 44.5 Å². The minimum Gasteiger partial charge on any atom is -0.353 e. The largest absolute Gasteiger partial charge is 0.353 e. The molecule has 0 aliphatic carbocycles. The topological polar surface area (TPSA) is 88.8 Å². The molecule has 1 N–H and O–H groups in total. The maximum atomic E-state index is 13.8. The summed E-state index contributed by atoms with van der Waals surface area (Å²) in [5.41, 5.74) is 1.41. The van der Waals surface area contributed by atoms with Crippen molar-refractivity contribution in [3.63, 3.8) is 0 Å². The van der Waals surface area contributed by atoms with Crippen molar-refractivity contribution in [3.8, 4) is 0 Å². The van der Waals surface area contributed by atoms with E-state index in [-0.39, 0.29) is 17.5 Å². The summed E-state index contributed by atoms with van der Waals surface area (Å²) in [6.07, 6.45) is 1.45. The van der Waals surface area contributed by atoms with Crippen LogP contribution in [0.15, 0.2) is 29.0 Å². The molecule has 1 amide bonds. The zero-order valence-electron chi connectivity index (χ0n) is 13.1. The van der Waals surface area contributed by atoms with Crippen molar-refractivity contribution in [2.24, 2.45) is 13.0 Å². The van der Waals surface area contributed by atoms with E-state index in [4.69, 9.17) is 0 Å². The Kier molecular flexibility index (Phi) is 3.83. The Morgan fingerprint density at radius 2 is 2.16 bits per heavy atom. The number of nitrogens with zero attached hydrogens (tertiary/aromatic N) is 6. The third-order valence-electron chi connectivity index (χ3n) is 4.11. The molecule has 2 aromatic heterocycles. The van der Waals surface area contributed by atoms with E-state index < -0.39 is 5.82 Å². The average Bonchev–Trinajstić information content (AvgIpc) is 2.91. The molecule has 4 rings (SSSR count). The molecule has 3 aromatic rings. The van der Waals surface area contributed by atoms with Crippen molar-refractivity contribution in [2.45, 2.75) is 0 Å². The SMILES string of the molecule is Cn1nnc2c(N3CC(C(=O)Nc4ccc(Br)cc4F)C3)ncnc21. The zero-order valence-corrected chi connectivity index (χ0v) is 14.7. The molecule has 8 nitrogen and oxygen atoms in total. The number of aryl methyl sites for hydroxylation is 1. The summed E-state index contributed by atoms with van der Waals surface area (Å²) in [6, 6.07) is 4.52. The number of nitrogens with one attached hydrogen (secondary N) is 1. The van der Waals surface area contributed by atoms with E-state index >= 15 is 0 Å². The number of aromatic nitrogens is 5. The van der Waals surface area contributed by atoms with Crippen LogP contribution in [-0.4, -0.2) is 44.0 Å². The molecule has 0 radical (unpaired) electrons. The molecule has 0 spiro atoms. The van der Waals surface area contributed by atoms with E-state index in [1.54, 1.807) is 17.8 Å². The summed E-state index contributed by atoms with van der Waals surface area (Å²) in [4.78, 5) is 22.6. The van der Waals surface area contributed by atoms with E-state index in [9.17, 15) is 9.18 Å². The molecular formula is C15H13BrFN7O. The Labute approximate surface area is 150 Å². The second kappa shape index (κ2) is 6.03. The van der Waals surface area contributed by atoms with Crippen LogP contribution >= 0.6 is 15.9 Å². The molecule has 25 heavy (non-hydrogen) atoms. The van der Waals surface area contributed by atoms with E-state index in [0.29, 0.717) is 34.5 Å². The Hall–Kier alpha value is -2.62. The van der Waals surface area contributed by atoms with Crippen LogP contribution in [0.5, 0.6) is 0 Å². The molecule has 1 aliphatic heterocycles. The first kappa shape index (κ1) is 15.9. The van der Waals surface area contributed by atoms with Crippen molar-refractivity contribution in [1.29, 1.82) is 0 Å². The van der Waals surface area contributed by atoms with Gasteiger partial charge < -0.3 is 10.2 Å². The predicted octanol–water partition coefficient (Wildman–Crippen LogP) is 1.73. The minimum absolute atomic E-state index is 0.171. The number of fused-ring (bicyclic) bond motifs is 1. The third kappa shape index (κ3) is 2.82. The van der Waals surface area contributed by atoms with E-state index in [1.165, 1.54) is 18.5 Å². The molecule has 3 heterocycles. The average molecular weight is 406 g/mol. The Morgan fingerprint density at radius 1 is 1.36 bits per heavy atom. The first-order valence-electron chi connectivity index (χ1n) is 7.54. The number of halogens is 2. The van der Waals surface area contributed by atoms with E-state index in [2.05, 4.69) is 41.5 Å². The van der Waals surface area contributed by atoms with Crippen molar-refractivity contribution in [2.75, 3.05) is 23.3 Å². The first-order valence-corrected chi connectivity index (χ1v) is 8.33. The van der Waals surface area contributed by atoms with E-state index in [1.807, 2.05) is 4.90 Å². The standard InChI is InChI=1S/C15H13BrFN7O/c1-23-13-12(21-22-23)14(19-7-18-13)24-5-8(6-24)15(25)20-11-3-2-9(16)4-10(11)17/h2-4,7-8H,5-6H2,1H3,(H,20,25). The summed E-state index contributed by atoms with van der Waals surface area (Å²) in [5.74, 6) is -0.292. The summed E-state index contributed by atoms with van der Waals surface area (Å²) in [5, 5.41) is 10.6. The van der Waals surface area contributed by atoms with Gasteiger partial charge in [0.1, 0.15) is 12.1 Å². The molecule has 1 fully saturated rings. The maximum Gasteiger partial charge on any atom is 0.231 e. The van der Waals surface area contributed by atoms with Crippen LogP contribution in [0.3, 0.4) is 0 Å². The lowest BCUT2D eigenvalue weighted by molar-refractivity contribution is -0.120. The zero-order chi connectivity index (χ0) is 17.6. The van der Waals surface area contributed by atoms with Crippen LogP contribution in [-0.2, 0) is 11.8 Å². The molecule has 0 unspecified atom stereocenters. The first-order chi connectivity index (χ1) is 12.0. The molecule has 1 aromatic carbocycles. The van der Waals surface area contributed by atoms with Crippen LogP contribution in [0, 0.1) is 11.7 Å². The fraction of sp³-hybridized carbons (Fsp3) is 0.267. The van der Waals surface area contributed by atoms with Crippen LogP contribution < -0.4 is 10.2 Å². The van der Waals surface area contributed by atoms with Crippen LogP contribution in [0.1, 0.15) is 0 Å². The summed E-state index contributed by atoms with van der Waals surface area (Å²) < 4.78 is 16.0. The molecule has 10 heteroatoms. The molecule has 0 atom stereocenters. The Morgan fingerprint density at radius 3 is 2.92 bits per heavy atom. The van der Waals surface area contributed by atoms with Crippen molar-refractivity contribution < 1.29 is 9.18 Å². The summed E-state index contributed by atoms with van der Waals surface area (Å²) in [6.45, 7) is 0.958. The van der Waals surface area contributed by atoms with Gasteiger partial charge >= 0.3 is 0 Å². The van der Waals surface area contributed by atoms with Gasteiger partial charge in [-0.3, -0.25) is 4.79 Å². The van der Waals surface area contributed by atoms with E-state index in [0.717, 1.165) is 0 Å². The molecule has 1 aliphatic rings. The highest BCUT2D eigenvalue weighted by Gasteiger charge is 2.35. The van der Waals surface area contributed by atoms with Crippen molar-refractivity contribution in [3.05, 3.63) is 34.8 Å². The van der Waals surface area contributed by atoms with Gasteiger partial charge in [0.25, 0.3) is 0 Å². The van der Waals surface area contributed by atoms with Gasteiger partial charge in [0.2, 0.25) is 5.91 Å². The number of carbonyl (C=O) groups is 1. The fourth-order valence-corrected chi connectivity index (χ4v) is 3.05. The number of carbonyl (C=O) groups excluding carboxylic acids is 1.